The third kappa shape index (κ3) is 5.38. The lowest BCUT2D eigenvalue weighted by Crippen LogP contribution is -2.32. The van der Waals surface area contributed by atoms with Gasteiger partial charge in [-0.05, 0) is 73.5 Å². The third-order valence-electron chi connectivity index (χ3n) is 6.94. The molecule has 3 heterocycles. The zero-order valence-corrected chi connectivity index (χ0v) is 24.8. The van der Waals surface area contributed by atoms with E-state index >= 15 is 0 Å². The molecule has 42 heavy (non-hydrogen) atoms. The molecular formula is C32H27FN4O3S2. The van der Waals surface area contributed by atoms with Gasteiger partial charge >= 0.3 is 0 Å². The van der Waals surface area contributed by atoms with Gasteiger partial charge in [0.1, 0.15) is 10.6 Å². The van der Waals surface area contributed by atoms with E-state index in [1.54, 1.807) is 31.3 Å². The number of hydrogen-bond acceptors (Lipinski definition) is 7. The predicted octanol–water partition coefficient (Wildman–Crippen LogP) is 7.56. The van der Waals surface area contributed by atoms with Crippen LogP contribution in [0, 0.1) is 12.7 Å². The molecule has 0 aliphatic heterocycles. The molecule has 0 N–H and O–H groups in total. The Balaban J connectivity index is 1.36. The number of halogens is 1. The number of methoxy groups -OCH3 is 2. The zero-order valence-electron chi connectivity index (χ0n) is 23.2. The molecule has 1 amide bonds. The van der Waals surface area contributed by atoms with Crippen LogP contribution in [0.25, 0.3) is 27.2 Å². The summed E-state index contributed by atoms with van der Waals surface area (Å²) in [7, 11) is 3.20. The highest BCUT2D eigenvalue weighted by Gasteiger charge is 2.25. The number of aryl methyl sites for hydroxylation is 1. The fraction of sp³-hybridized carbons (Fsp3) is 0.156. The quantitative estimate of drug-likeness (QED) is 0.172. The number of ether oxygens (including phenoxy) is 2. The average molecular weight is 599 g/mol. The minimum absolute atomic E-state index is 0.143. The van der Waals surface area contributed by atoms with Crippen molar-refractivity contribution in [2.45, 2.75) is 13.3 Å². The van der Waals surface area contributed by atoms with E-state index in [2.05, 4.69) is 0 Å². The summed E-state index contributed by atoms with van der Waals surface area (Å²) < 4.78 is 26.3. The average Bonchev–Trinajstić information content (AvgIpc) is 3.75. The molecule has 0 fully saturated rings. The standard InChI is InChI=1S/C32H27FN4O3S2/c1-20-25-18-29(42-31(25)37(35-20)24-7-5-4-6-8-24)30(38)36(16-15-21-9-14-27(39-2)28(17-21)40-3)32-34-26(19-41-32)22-10-12-23(33)13-11-22/h4-14,17-19H,15-16H2,1-3H3. The van der Waals surface area contributed by atoms with Gasteiger partial charge in [0.15, 0.2) is 16.6 Å². The number of thiazole rings is 1. The predicted molar refractivity (Wildman–Crippen MR) is 166 cm³/mol. The van der Waals surface area contributed by atoms with E-state index in [9.17, 15) is 9.18 Å². The Morgan fingerprint density at radius 2 is 1.74 bits per heavy atom. The summed E-state index contributed by atoms with van der Waals surface area (Å²) in [6, 6.07) is 23.7. The Morgan fingerprint density at radius 3 is 2.48 bits per heavy atom. The minimum atomic E-state index is -0.310. The molecule has 0 saturated heterocycles. The number of carbonyl (C=O) groups excluding carboxylic acids is 1. The van der Waals surface area contributed by atoms with Crippen LogP contribution < -0.4 is 14.4 Å². The van der Waals surface area contributed by atoms with Crippen molar-refractivity contribution in [2.75, 3.05) is 25.7 Å². The summed E-state index contributed by atoms with van der Waals surface area (Å²) in [6.45, 7) is 2.34. The number of benzene rings is 3. The molecule has 0 atom stereocenters. The fourth-order valence-corrected chi connectivity index (χ4v) is 6.72. The van der Waals surface area contributed by atoms with Crippen molar-refractivity contribution in [3.63, 3.8) is 0 Å². The van der Waals surface area contributed by atoms with Gasteiger partial charge < -0.3 is 9.47 Å². The smallest absolute Gasteiger partial charge is 0.270 e. The molecule has 0 radical (unpaired) electrons. The second-order valence-corrected chi connectivity index (χ2v) is 11.4. The summed E-state index contributed by atoms with van der Waals surface area (Å²) in [6.07, 6.45) is 0.569. The van der Waals surface area contributed by atoms with Crippen molar-refractivity contribution in [3.05, 3.63) is 106 Å². The van der Waals surface area contributed by atoms with Crippen LogP contribution in [0.5, 0.6) is 11.5 Å². The molecular weight excluding hydrogens is 572 g/mol. The molecule has 212 valence electrons. The monoisotopic (exact) mass is 598 g/mol. The Kier molecular flexibility index (Phi) is 7.73. The van der Waals surface area contributed by atoms with Crippen LogP contribution in [0.2, 0.25) is 0 Å². The lowest BCUT2D eigenvalue weighted by Gasteiger charge is -2.20. The first-order valence-corrected chi connectivity index (χ1v) is 14.9. The van der Waals surface area contributed by atoms with E-state index < -0.39 is 0 Å². The van der Waals surface area contributed by atoms with Gasteiger partial charge in [-0.3, -0.25) is 9.69 Å². The Labute approximate surface area is 250 Å². The Bertz CT molecular complexity index is 1860. The normalized spacial score (nSPS) is 11.1. The van der Waals surface area contributed by atoms with Crippen molar-refractivity contribution in [1.29, 1.82) is 0 Å². The molecule has 0 bridgehead atoms. The van der Waals surface area contributed by atoms with Crippen molar-refractivity contribution in [1.82, 2.24) is 14.8 Å². The molecule has 0 aliphatic carbocycles. The van der Waals surface area contributed by atoms with Gasteiger partial charge in [0.05, 0.1) is 36.2 Å². The zero-order chi connectivity index (χ0) is 29.2. The van der Waals surface area contributed by atoms with Crippen LogP contribution in [0.4, 0.5) is 9.52 Å². The van der Waals surface area contributed by atoms with Gasteiger partial charge in [0, 0.05) is 22.9 Å². The maximum absolute atomic E-state index is 14.2. The van der Waals surface area contributed by atoms with Crippen LogP contribution in [0.15, 0.2) is 84.2 Å². The number of carbonyl (C=O) groups is 1. The van der Waals surface area contributed by atoms with Gasteiger partial charge in [-0.2, -0.15) is 5.10 Å². The number of thiophene rings is 1. The third-order valence-corrected chi connectivity index (χ3v) is 8.90. The minimum Gasteiger partial charge on any atom is -0.493 e. The number of hydrogen-bond donors (Lipinski definition) is 0. The second-order valence-electron chi connectivity index (χ2n) is 9.58. The first kappa shape index (κ1) is 27.6. The number of amides is 1. The molecule has 6 aromatic rings. The number of aromatic nitrogens is 3. The SMILES string of the molecule is COc1ccc(CCN(C(=O)c2cc3c(C)nn(-c4ccccc4)c3s2)c2nc(-c3ccc(F)cc3)cs2)cc1OC. The summed E-state index contributed by atoms with van der Waals surface area (Å²) in [5, 5.41) is 8.12. The van der Waals surface area contributed by atoms with E-state index in [1.165, 1.54) is 34.8 Å². The van der Waals surface area contributed by atoms with E-state index in [1.807, 2.05) is 71.6 Å². The molecule has 0 aliphatic rings. The Morgan fingerprint density at radius 1 is 0.976 bits per heavy atom. The van der Waals surface area contributed by atoms with Crippen LogP contribution >= 0.6 is 22.7 Å². The van der Waals surface area contributed by atoms with Crippen LogP contribution in [-0.2, 0) is 6.42 Å². The van der Waals surface area contributed by atoms with Gasteiger partial charge in [0.25, 0.3) is 5.91 Å². The number of anilines is 1. The Hall–Kier alpha value is -4.54. The fourth-order valence-electron chi connectivity index (χ4n) is 4.73. The number of nitrogens with zero attached hydrogens (tertiary/aromatic N) is 4. The van der Waals surface area contributed by atoms with Crippen molar-refractivity contribution >= 4 is 43.9 Å². The largest absolute Gasteiger partial charge is 0.493 e. The molecule has 0 unspecified atom stereocenters. The topological polar surface area (TPSA) is 69.5 Å². The van der Waals surface area contributed by atoms with E-state index in [-0.39, 0.29) is 11.7 Å². The molecule has 10 heteroatoms. The molecule has 7 nitrogen and oxygen atoms in total. The van der Waals surface area contributed by atoms with Crippen molar-refractivity contribution < 1.29 is 18.7 Å². The lowest BCUT2D eigenvalue weighted by molar-refractivity contribution is 0.0991. The number of para-hydroxylation sites is 1. The van der Waals surface area contributed by atoms with Gasteiger partial charge in [-0.15, -0.1) is 22.7 Å². The van der Waals surface area contributed by atoms with Crippen molar-refractivity contribution in [3.8, 4) is 28.4 Å². The highest BCUT2D eigenvalue weighted by molar-refractivity contribution is 7.20. The van der Waals surface area contributed by atoms with Gasteiger partial charge in [-0.25, -0.2) is 14.1 Å². The van der Waals surface area contributed by atoms with Gasteiger partial charge in [0.2, 0.25) is 0 Å². The molecule has 3 aromatic heterocycles. The van der Waals surface area contributed by atoms with E-state index in [0.717, 1.165) is 32.7 Å². The molecule has 0 spiro atoms. The summed E-state index contributed by atoms with van der Waals surface area (Å²) in [5.41, 5.74) is 4.25. The number of fused-ring (bicyclic) bond motifs is 1. The number of rotatable bonds is 9. The van der Waals surface area contributed by atoms with Crippen LogP contribution in [0.3, 0.4) is 0 Å². The summed E-state index contributed by atoms with van der Waals surface area (Å²) in [5.74, 6) is 0.822. The van der Waals surface area contributed by atoms with Gasteiger partial charge in [-0.1, -0.05) is 24.3 Å². The lowest BCUT2D eigenvalue weighted by atomic mass is 10.1. The van der Waals surface area contributed by atoms with Crippen molar-refractivity contribution in [2.24, 2.45) is 0 Å². The summed E-state index contributed by atoms with van der Waals surface area (Å²) in [4.78, 5) is 22.2. The second kappa shape index (κ2) is 11.8. The first-order valence-electron chi connectivity index (χ1n) is 13.2. The highest BCUT2D eigenvalue weighted by atomic mass is 32.1. The molecule has 0 saturated carbocycles. The maximum atomic E-state index is 14.2. The first-order chi connectivity index (χ1) is 20.4. The van der Waals surface area contributed by atoms with E-state index in [4.69, 9.17) is 19.6 Å². The highest BCUT2D eigenvalue weighted by Crippen LogP contribution is 2.34. The van der Waals surface area contributed by atoms with Crippen LogP contribution in [-0.4, -0.2) is 41.4 Å². The summed E-state index contributed by atoms with van der Waals surface area (Å²) >= 11 is 2.80. The van der Waals surface area contributed by atoms with E-state index in [0.29, 0.717) is 40.2 Å². The maximum Gasteiger partial charge on any atom is 0.270 e. The molecule has 6 rings (SSSR count). The van der Waals surface area contributed by atoms with Crippen LogP contribution in [0.1, 0.15) is 20.9 Å². The molecule has 3 aromatic carbocycles.